The molecule has 2 N–H and O–H groups in total. The van der Waals surface area contributed by atoms with Crippen molar-refractivity contribution in [3.8, 4) is 5.75 Å². The van der Waals surface area contributed by atoms with Crippen LogP contribution in [0.3, 0.4) is 0 Å². The summed E-state index contributed by atoms with van der Waals surface area (Å²) in [5, 5.41) is 22.1. The fourth-order valence-corrected chi connectivity index (χ4v) is 6.13. The van der Waals surface area contributed by atoms with Gasteiger partial charge in [-0.1, -0.05) is 41.1 Å². The summed E-state index contributed by atoms with van der Waals surface area (Å²) in [6.07, 6.45) is 0.827. The molecule has 31 heavy (non-hydrogen) atoms. The second kappa shape index (κ2) is 7.43. The van der Waals surface area contributed by atoms with Crippen molar-refractivity contribution >= 4 is 33.4 Å². The summed E-state index contributed by atoms with van der Waals surface area (Å²) in [6.45, 7) is 1.96. The van der Waals surface area contributed by atoms with Crippen molar-refractivity contribution in [2.45, 2.75) is 38.1 Å². The predicted molar refractivity (Wildman–Crippen MR) is 117 cm³/mol. The molecule has 2 aromatic rings. The molecule has 3 aliphatic rings. The van der Waals surface area contributed by atoms with Gasteiger partial charge in [-0.3, -0.25) is 14.5 Å². The van der Waals surface area contributed by atoms with E-state index in [4.69, 9.17) is 4.74 Å². The lowest BCUT2D eigenvalue weighted by molar-refractivity contribution is -0.269. The number of halogens is 1. The molecule has 0 spiro atoms. The van der Waals surface area contributed by atoms with Crippen LogP contribution in [0, 0.1) is 23.7 Å². The molecule has 2 amide bonds. The number of aliphatic hydroxyl groups is 1. The summed E-state index contributed by atoms with van der Waals surface area (Å²) in [6, 6.07) is 14.0. The van der Waals surface area contributed by atoms with Crippen molar-refractivity contribution in [2.24, 2.45) is 23.7 Å². The van der Waals surface area contributed by atoms with Gasteiger partial charge in [-0.25, -0.2) is 0 Å². The summed E-state index contributed by atoms with van der Waals surface area (Å²) in [7, 11) is 0. The Morgan fingerprint density at radius 2 is 1.87 bits per heavy atom. The quantitative estimate of drug-likeness (QED) is 0.637. The molecular formula is C24H24BrNO5. The molecule has 7 heteroatoms. The lowest BCUT2D eigenvalue weighted by Gasteiger charge is -2.44. The normalized spacial score (nSPS) is 34.7. The van der Waals surface area contributed by atoms with Crippen LogP contribution in [-0.4, -0.2) is 27.8 Å². The van der Waals surface area contributed by atoms with Gasteiger partial charge in [0.25, 0.3) is 0 Å². The number of imide groups is 1. The smallest absolute Gasteiger partial charge is 0.238 e. The third-order valence-corrected chi connectivity index (χ3v) is 7.70. The maximum atomic E-state index is 13.5. The molecule has 5 rings (SSSR count). The van der Waals surface area contributed by atoms with E-state index in [2.05, 4.69) is 15.9 Å². The molecular weight excluding hydrogens is 462 g/mol. The van der Waals surface area contributed by atoms with Crippen molar-refractivity contribution in [3.63, 3.8) is 0 Å². The van der Waals surface area contributed by atoms with Gasteiger partial charge in [-0.2, -0.15) is 0 Å². The number of phenols is 1. The number of nitrogens with zero attached hydrogens (tertiary/aromatic N) is 1. The monoisotopic (exact) mass is 485 g/mol. The van der Waals surface area contributed by atoms with E-state index in [-0.39, 0.29) is 23.5 Å². The summed E-state index contributed by atoms with van der Waals surface area (Å²) >= 11 is 3.42. The minimum absolute atomic E-state index is 0.0831. The van der Waals surface area contributed by atoms with Gasteiger partial charge in [0.05, 0.1) is 23.6 Å². The molecule has 1 aliphatic carbocycles. The average molecular weight is 486 g/mol. The van der Waals surface area contributed by atoms with Crippen LogP contribution in [-0.2, 0) is 14.3 Å². The van der Waals surface area contributed by atoms with Crippen LogP contribution in [0.2, 0.25) is 0 Å². The van der Waals surface area contributed by atoms with Gasteiger partial charge < -0.3 is 14.9 Å². The topological polar surface area (TPSA) is 87.1 Å². The van der Waals surface area contributed by atoms with E-state index < -0.39 is 29.6 Å². The maximum Gasteiger partial charge on any atom is 0.238 e. The number of carbonyl (C=O) groups excluding carboxylic acids is 2. The third kappa shape index (κ3) is 3.05. The van der Waals surface area contributed by atoms with Crippen molar-refractivity contribution < 1.29 is 24.5 Å². The number of anilines is 1. The Labute approximate surface area is 189 Å². The Hall–Kier alpha value is -2.22. The molecule has 2 heterocycles. The fraction of sp³-hybridized carbons (Fsp3) is 0.417. The zero-order valence-corrected chi connectivity index (χ0v) is 18.7. The van der Waals surface area contributed by atoms with Gasteiger partial charge in [0.15, 0.2) is 5.79 Å². The summed E-state index contributed by atoms with van der Waals surface area (Å²) in [5.41, 5.74) is 1.13. The molecule has 162 valence electrons. The van der Waals surface area contributed by atoms with Crippen LogP contribution in [0.15, 0.2) is 53.0 Å². The lowest BCUT2D eigenvalue weighted by atomic mass is 9.64. The number of benzene rings is 2. The van der Waals surface area contributed by atoms with Gasteiger partial charge >= 0.3 is 0 Å². The largest absolute Gasteiger partial charge is 0.508 e. The highest BCUT2D eigenvalue weighted by Crippen LogP contribution is 2.59. The highest BCUT2D eigenvalue weighted by molar-refractivity contribution is 9.10. The second-order valence-electron chi connectivity index (χ2n) is 8.72. The van der Waals surface area contributed by atoms with Crippen LogP contribution < -0.4 is 4.90 Å². The summed E-state index contributed by atoms with van der Waals surface area (Å²) < 4.78 is 6.99. The number of fused-ring (bicyclic) bond motifs is 3. The van der Waals surface area contributed by atoms with E-state index in [0.717, 1.165) is 4.47 Å². The minimum atomic E-state index is -1.52. The highest BCUT2D eigenvalue weighted by atomic mass is 79.9. The molecule has 1 saturated carbocycles. The first kappa shape index (κ1) is 20.7. The first-order chi connectivity index (χ1) is 14.8. The second-order valence-corrected chi connectivity index (χ2v) is 9.64. The standard InChI is InChI=1S/C24H24BrNO5/c1-2-13-10-17-21(23(29)26(22(17)28)15-6-4-3-5-7-15)18-12-20(31-24(13,18)30)16-11-14(25)8-9-19(16)27/h3-9,11,13,17-18,20-21,27,30H,2,10,12H2,1H3/t13-,17-,18-,20-,21-,24+/m0/s1. The molecule has 6 atom stereocenters. The number of hydrogen-bond donors (Lipinski definition) is 2. The van der Waals surface area contributed by atoms with Crippen molar-refractivity contribution in [1.82, 2.24) is 0 Å². The van der Waals surface area contributed by atoms with Crippen LogP contribution in [0.4, 0.5) is 5.69 Å². The van der Waals surface area contributed by atoms with Gasteiger partial charge in [-0.15, -0.1) is 0 Å². The lowest BCUT2D eigenvalue weighted by Crippen LogP contribution is -2.53. The molecule has 2 saturated heterocycles. The predicted octanol–water partition coefficient (Wildman–Crippen LogP) is 4.16. The summed E-state index contributed by atoms with van der Waals surface area (Å²) in [5.74, 6) is -3.81. The first-order valence-electron chi connectivity index (χ1n) is 10.7. The third-order valence-electron chi connectivity index (χ3n) is 7.21. The number of carbonyl (C=O) groups is 2. The van der Waals surface area contributed by atoms with E-state index in [0.29, 0.717) is 30.5 Å². The number of phenolic OH excluding ortho intramolecular Hbond substituents is 1. The number of amides is 2. The van der Waals surface area contributed by atoms with E-state index >= 15 is 0 Å². The SMILES string of the molecule is CC[C@H]1C[C@@H]2C(=O)N(c3ccccc3)C(=O)[C@@H]2[C@@H]2C[C@@H](c3cc(Br)ccc3O)O[C@]12O. The highest BCUT2D eigenvalue weighted by Gasteiger charge is 2.66. The Balaban J connectivity index is 1.54. The molecule has 0 aromatic heterocycles. The van der Waals surface area contributed by atoms with Crippen LogP contribution >= 0.6 is 15.9 Å². The average Bonchev–Trinajstić information content (AvgIpc) is 3.23. The van der Waals surface area contributed by atoms with Crippen molar-refractivity contribution in [3.05, 3.63) is 58.6 Å². The Morgan fingerprint density at radius 1 is 1.13 bits per heavy atom. The maximum absolute atomic E-state index is 13.5. The van der Waals surface area contributed by atoms with Gasteiger partial charge in [0.2, 0.25) is 11.8 Å². The van der Waals surface area contributed by atoms with E-state index in [1.54, 1.807) is 42.5 Å². The minimum Gasteiger partial charge on any atom is -0.508 e. The molecule has 2 aliphatic heterocycles. The molecule has 3 fully saturated rings. The van der Waals surface area contributed by atoms with Crippen molar-refractivity contribution in [2.75, 3.05) is 4.90 Å². The van der Waals surface area contributed by atoms with Gasteiger partial charge in [0, 0.05) is 21.9 Å². The number of ether oxygens (including phenoxy) is 1. The molecule has 0 bridgehead atoms. The molecule has 6 nitrogen and oxygen atoms in total. The van der Waals surface area contributed by atoms with Crippen LogP contribution in [0.25, 0.3) is 0 Å². The number of hydrogen-bond acceptors (Lipinski definition) is 5. The molecule has 2 aromatic carbocycles. The Morgan fingerprint density at radius 3 is 2.58 bits per heavy atom. The van der Waals surface area contributed by atoms with Crippen molar-refractivity contribution in [1.29, 1.82) is 0 Å². The van der Waals surface area contributed by atoms with Crippen LogP contribution in [0.1, 0.15) is 37.9 Å². The Kier molecular flexibility index (Phi) is 4.95. The number of para-hydroxylation sites is 1. The van der Waals surface area contributed by atoms with Crippen LogP contribution in [0.5, 0.6) is 5.75 Å². The molecule has 0 unspecified atom stereocenters. The van der Waals surface area contributed by atoms with E-state index in [1.807, 2.05) is 13.0 Å². The first-order valence-corrected chi connectivity index (χ1v) is 11.5. The Bertz CT molecular complexity index is 1040. The van der Waals surface area contributed by atoms with Gasteiger partial charge in [-0.05, 0) is 49.6 Å². The number of rotatable bonds is 3. The number of aromatic hydroxyl groups is 1. The zero-order valence-electron chi connectivity index (χ0n) is 17.1. The molecule has 0 radical (unpaired) electrons. The summed E-state index contributed by atoms with van der Waals surface area (Å²) in [4.78, 5) is 28.0. The van der Waals surface area contributed by atoms with E-state index in [9.17, 15) is 19.8 Å². The van der Waals surface area contributed by atoms with Gasteiger partial charge in [0.1, 0.15) is 5.75 Å². The fourth-order valence-electron chi connectivity index (χ4n) is 5.75. The van der Waals surface area contributed by atoms with E-state index in [1.165, 1.54) is 4.90 Å². The zero-order chi connectivity index (χ0) is 21.9.